The maximum atomic E-state index is 12.7. The maximum Gasteiger partial charge on any atom is 0.273 e. The Hall–Kier alpha value is -1.02. The lowest BCUT2D eigenvalue weighted by molar-refractivity contribution is -0.0901. The molecule has 2 atom stereocenters. The minimum atomic E-state index is -0.370. The van der Waals surface area contributed by atoms with Gasteiger partial charge in [-0.15, -0.1) is 11.3 Å². The molecule has 1 spiro atoms. The first-order valence-corrected chi connectivity index (χ1v) is 9.57. The van der Waals surface area contributed by atoms with Crippen molar-refractivity contribution in [2.75, 3.05) is 39.9 Å². The number of hydrogen-bond acceptors (Lipinski definition) is 6. The molecule has 2 aliphatic heterocycles. The van der Waals surface area contributed by atoms with Gasteiger partial charge in [0.15, 0.2) is 0 Å². The monoisotopic (exact) mass is 353 g/mol. The van der Waals surface area contributed by atoms with Crippen LogP contribution in [0.4, 0.5) is 0 Å². The second kappa shape index (κ2) is 7.47. The van der Waals surface area contributed by atoms with Crippen molar-refractivity contribution in [1.29, 1.82) is 0 Å². The quantitative estimate of drug-likeness (QED) is 0.827. The summed E-state index contributed by atoms with van der Waals surface area (Å²) < 4.78 is 12.2. The van der Waals surface area contributed by atoms with Crippen molar-refractivity contribution in [3.05, 3.63) is 16.6 Å². The molecular weight excluding hydrogens is 326 g/mol. The molecule has 24 heavy (non-hydrogen) atoms. The van der Waals surface area contributed by atoms with Gasteiger partial charge < -0.3 is 19.3 Å². The molecule has 134 valence electrons. The Labute approximate surface area is 147 Å². The van der Waals surface area contributed by atoms with Crippen LogP contribution in [0, 0.1) is 0 Å². The predicted octanol–water partition coefficient (Wildman–Crippen LogP) is 1.87. The van der Waals surface area contributed by atoms with Gasteiger partial charge in [0, 0.05) is 24.5 Å². The molecule has 3 rings (SSSR count). The van der Waals surface area contributed by atoms with Gasteiger partial charge >= 0.3 is 0 Å². The highest BCUT2D eigenvalue weighted by atomic mass is 32.1. The molecule has 2 saturated heterocycles. The molecule has 1 aromatic heterocycles. The van der Waals surface area contributed by atoms with Gasteiger partial charge in [-0.3, -0.25) is 4.79 Å². The van der Waals surface area contributed by atoms with Gasteiger partial charge in [-0.2, -0.15) is 0 Å². The third kappa shape index (κ3) is 3.96. The van der Waals surface area contributed by atoms with Crippen LogP contribution in [0.2, 0.25) is 0 Å². The average Bonchev–Trinajstić information content (AvgIpc) is 3.15. The van der Waals surface area contributed by atoms with Crippen molar-refractivity contribution >= 4 is 17.2 Å². The van der Waals surface area contributed by atoms with Crippen LogP contribution < -0.4 is 0 Å². The molecule has 1 amide bonds. The normalized spacial score (nSPS) is 28.0. The van der Waals surface area contributed by atoms with E-state index in [0.717, 1.165) is 19.4 Å². The van der Waals surface area contributed by atoms with Gasteiger partial charge in [-0.05, 0) is 33.7 Å². The summed E-state index contributed by atoms with van der Waals surface area (Å²) in [6.45, 7) is 7.59. The number of ether oxygens (including phenoxy) is 2. The van der Waals surface area contributed by atoms with E-state index in [9.17, 15) is 4.79 Å². The minimum absolute atomic E-state index is 0.0209. The van der Waals surface area contributed by atoms with E-state index in [0.29, 0.717) is 38.0 Å². The van der Waals surface area contributed by atoms with E-state index in [1.807, 2.05) is 4.90 Å². The number of likely N-dealkylation sites (N-methyl/N-ethyl adjacent to an activating group) is 1. The summed E-state index contributed by atoms with van der Waals surface area (Å²) >= 11 is 1.44. The molecule has 0 aromatic carbocycles. The zero-order chi connectivity index (χ0) is 17.2. The highest BCUT2D eigenvalue weighted by Gasteiger charge is 2.44. The first-order chi connectivity index (χ1) is 11.5. The van der Waals surface area contributed by atoms with E-state index in [1.165, 1.54) is 11.3 Å². The van der Waals surface area contributed by atoms with Crippen LogP contribution in [0.15, 0.2) is 10.9 Å². The van der Waals surface area contributed by atoms with Crippen molar-refractivity contribution < 1.29 is 14.3 Å². The first kappa shape index (κ1) is 17.8. The van der Waals surface area contributed by atoms with Crippen molar-refractivity contribution in [3.8, 4) is 0 Å². The number of carbonyl (C=O) groups excluding carboxylic acids is 1. The number of hydrogen-bond donors (Lipinski definition) is 0. The third-order valence-corrected chi connectivity index (χ3v) is 5.59. The summed E-state index contributed by atoms with van der Waals surface area (Å²) in [4.78, 5) is 21.0. The van der Waals surface area contributed by atoms with E-state index in [2.05, 4.69) is 30.8 Å². The van der Waals surface area contributed by atoms with Gasteiger partial charge in [-0.25, -0.2) is 4.98 Å². The maximum absolute atomic E-state index is 12.7. The molecule has 0 bridgehead atoms. The molecular formula is C17H27N3O3S. The van der Waals surface area contributed by atoms with Crippen molar-refractivity contribution in [1.82, 2.24) is 14.8 Å². The largest absolute Gasteiger partial charge is 0.377 e. The Balaban J connectivity index is 1.65. The zero-order valence-corrected chi connectivity index (χ0v) is 15.6. The molecule has 2 aliphatic rings. The highest BCUT2D eigenvalue weighted by molar-refractivity contribution is 7.07. The minimum Gasteiger partial charge on any atom is -0.377 e. The Morgan fingerprint density at radius 2 is 2.42 bits per heavy atom. The molecule has 0 saturated carbocycles. The van der Waals surface area contributed by atoms with E-state index in [1.54, 1.807) is 10.9 Å². The number of thiazole rings is 1. The molecule has 0 N–H and O–H groups in total. The summed E-state index contributed by atoms with van der Waals surface area (Å²) in [6, 6.07) is 0.498. The van der Waals surface area contributed by atoms with Gasteiger partial charge in [0.25, 0.3) is 5.91 Å². The third-order valence-electron chi connectivity index (χ3n) is 5.00. The lowest BCUT2D eigenvalue weighted by atomic mass is 10.00. The molecule has 2 fully saturated rings. The van der Waals surface area contributed by atoms with Crippen LogP contribution in [0.25, 0.3) is 0 Å². The van der Waals surface area contributed by atoms with E-state index >= 15 is 0 Å². The fraction of sp³-hybridized carbons (Fsp3) is 0.765. The van der Waals surface area contributed by atoms with E-state index in [-0.39, 0.29) is 17.6 Å². The van der Waals surface area contributed by atoms with E-state index < -0.39 is 0 Å². The van der Waals surface area contributed by atoms with Gasteiger partial charge in [0.2, 0.25) is 0 Å². The van der Waals surface area contributed by atoms with Gasteiger partial charge in [-0.1, -0.05) is 0 Å². The molecule has 0 radical (unpaired) electrons. The number of rotatable bonds is 4. The molecule has 7 heteroatoms. The summed E-state index contributed by atoms with van der Waals surface area (Å²) in [7, 11) is 2.13. The van der Waals surface area contributed by atoms with Crippen LogP contribution in [0.1, 0.15) is 37.2 Å². The molecule has 0 unspecified atom stereocenters. The Morgan fingerprint density at radius 1 is 1.58 bits per heavy atom. The first-order valence-electron chi connectivity index (χ1n) is 8.62. The van der Waals surface area contributed by atoms with Crippen LogP contribution in [0.5, 0.6) is 0 Å². The van der Waals surface area contributed by atoms with Crippen molar-refractivity contribution in [2.24, 2.45) is 0 Å². The standard InChI is InChI=1S/C17H27N3O3S/c1-13(2)19(3)8-14-4-5-17(23-14)10-20(6-7-22-11-17)16(21)15-9-24-12-18-15/h9,12-14H,4-8,10-11H2,1-3H3/t14-,17-/m0/s1. The number of nitrogens with zero attached hydrogens (tertiary/aromatic N) is 3. The predicted molar refractivity (Wildman–Crippen MR) is 93.4 cm³/mol. The summed E-state index contributed by atoms with van der Waals surface area (Å²) in [5.41, 5.74) is 1.84. The van der Waals surface area contributed by atoms with Gasteiger partial charge in [0.1, 0.15) is 11.3 Å². The van der Waals surface area contributed by atoms with Gasteiger partial charge in [0.05, 0.1) is 31.4 Å². The Morgan fingerprint density at radius 3 is 3.12 bits per heavy atom. The van der Waals surface area contributed by atoms with Crippen LogP contribution in [-0.2, 0) is 9.47 Å². The summed E-state index contributed by atoms with van der Waals surface area (Å²) in [5.74, 6) is -0.0209. The second-order valence-electron chi connectivity index (χ2n) is 7.15. The Bertz CT molecular complexity index is 551. The number of amides is 1. The number of carbonyl (C=O) groups is 1. The molecule has 6 nitrogen and oxygen atoms in total. The van der Waals surface area contributed by atoms with Crippen molar-refractivity contribution in [3.63, 3.8) is 0 Å². The Kier molecular flexibility index (Phi) is 5.54. The molecule has 0 aliphatic carbocycles. The summed E-state index contributed by atoms with van der Waals surface area (Å²) in [5, 5.41) is 1.80. The molecule has 1 aromatic rings. The SMILES string of the molecule is CC(C)N(C)C[C@@H]1CC[C@]2(COCCN(C(=O)c3cscn3)C2)O1. The lowest BCUT2D eigenvalue weighted by Crippen LogP contribution is -2.47. The summed E-state index contributed by atoms with van der Waals surface area (Å²) in [6.07, 6.45) is 2.15. The lowest BCUT2D eigenvalue weighted by Gasteiger charge is -2.32. The molecule has 3 heterocycles. The highest BCUT2D eigenvalue weighted by Crippen LogP contribution is 2.33. The second-order valence-corrected chi connectivity index (χ2v) is 7.87. The average molecular weight is 353 g/mol. The topological polar surface area (TPSA) is 54.9 Å². The van der Waals surface area contributed by atoms with Crippen molar-refractivity contribution in [2.45, 2.75) is 44.4 Å². The zero-order valence-electron chi connectivity index (χ0n) is 14.7. The fourth-order valence-corrected chi connectivity index (χ4v) is 3.86. The van der Waals surface area contributed by atoms with Crippen LogP contribution in [0.3, 0.4) is 0 Å². The number of aromatic nitrogens is 1. The fourth-order valence-electron chi connectivity index (χ4n) is 3.34. The smallest absolute Gasteiger partial charge is 0.273 e. The van der Waals surface area contributed by atoms with E-state index in [4.69, 9.17) is 9.47 Å². The van der Waals surface area contributed by atoms with Crippen LogP contribution in [-0.4, -0.2) is 78.3 Å². The van der Waals surface area contributed by atoms with Crippen LogP contribution >= 0.6 is 11.3 Å².